The number of allylic oxidation sites excluding steroid dienone is 1. The monoisotopic (exact) mass is 433 g/mol. The van der Waals surface area contributed by atoms with E-state index in [4.69, 9.17) is 14.2 Å². The van der Waals surface area contributed by atoms with E-state index in [0.717, 1.165) is 23.0 Å². The van der Waals surface area contributed by atoms with Gasteiger partial charge in [0.2, 0.25) is 5.78 Å². The number of para-hydroxylation sites is 1. The molecular weight excluding hydrogens is 406 g/mol. The van der Waals surface area contributed by atoms with Crippen molar-refractivity contribution < 1.29 is 23.8 Å². The van der Waals surface area contributed by atoms with Crippen LogP contribution in [0, 0.1) is 6.92 Å². The molecule has 6 nitrogen and oxygen atoms in total. The Morgan fingerprint density at radius 2 is 1.91 bits per heavy atom. The van der Waals surface area contributed by atoms with Gasteiger partial charge in [0.15, 0.2) is 12.4 Å². The molecule has 1 aliphatic heterocycles. The second-order valence-corrected chi connectivity index (χ2v) is 8.77. The second kappa shape index (κ2) is 8.19. The molecule has 0 bridgehead atoms. The number of esters is 1. The summed E-state index contributed by atoms with van der Waals surface area (Å²) in [6, 6.07) is 11.4. The summed E-state index contributed by atoms with van der Waals surface area (Å²) in [7, 11) is 0. The summed E-state index contributed by atoms with van der Waals surface area (Å²) in [5.41, 5.74) is 2.61. The molecule has 0 spiro atoms. The van der Waals surface area contributed by atoms with Gasteiger partial charge in [0.25, 0.3) is 0 Å². The number of carbonyl (C=O) groups excluding carboxylic acids is 2. The van der Waals surface area contributed by atoms with Crippen molar-refractivity contribution in [2.75, 3.05) is 6.61 Å². The number of hydrogen-bond donors (Lipinski definition) is 0. The van der Waals surface area contributed by atoms with Crippen molar-refractivity contribution in [3.8, 4) is 11.5 Å². The van der Waals surface area contributed by atoms with E-state index < -0.39 is 11.6 Å². The van der Waals surface area contributed by atoms with Crippen molar-refractivity contribution in [1.29, 1.82) is 0 Å². The lowest BCUT2D eigenvalue weighted by Crippen LogP contribution is -2.27. The summed E-state index contributed by atoms with van der Waals surface area (Å²) in [6.45, 7) is 9.91. The molecule has 0 saturated heterocycles. The van der Waals surface area contributed by atoms with Crippen LogP contribution in [-0.2, 0) is 16.1 Å². The summed E-state index contributed by atoms with van der Waals surface area (Å²) in [5, 5.41) is 1.06. The Bertz CT molecular complexity index is 1240. The zero-order valence-corrected chi connectivity index (χ0v) is 19.0. The van der Waals surface area contributed by atoms with Crippen LogP contribution in [0.15, 0.2) is 48.4 Å². The minimum Gasteiger partial charge on any atom is -0.481 e. The molecule has 0 saturated carbocycles. The summed E-state index contributed by atoms with van der Waals surface area (Å²) in [6.07, 6.45) is 3.82. The van der Waals surface area contributed by atoms with Gasteiger partial charge >= 0.3 is 5.97 Å². The molecule has 0 radical (unpaired) electrons. The zero-order valence-electron chi connectivity index (χ0n) is 19.0. The van der Waals surface area contributed by atoms with Crippen molar-refractivity contribution >= 4 is 28.7 Å². The van der Waals surface area contributed by atoms with Gasteiger partial charge < -0.3 is 18.8 Å². The third kappa shape index (κ3) is 4.13. The van der Waals surface area contributed by atoms with Crippen LogP contribution in [0.1, 0.15) is 49.2 Å². The van der Waals surface area contributed by atoms with Gasteiger partial charge in [-0.2, -0.15) is 0 Å². The fourth-order valence-corrected chi connectivity index (χ4v) is 3.83. The Labute approximate surface area is 187 Å². The van der Waals surface area contributed by atoms with Crippen LogP contribution >= 0.6 is 0 Å². The molecule has 0 atom stereocenters. The number of aryl methyl sites for hydroxylation is 1. The van der Waals surface area contributed by atoms with Crippen molar-refractivity contribution in [3.63, 3.8) is 0 Å². The van der Waals surface area contributed by atoms with Crippen LogP contribution < -0.4 is 9.47 Å². The van der Waals surface area contributed by atoms with Crippen molar-refractivity contribution in [1.82, 2.24) is 4.57 Å². The summed E-state index contributed by atoms with van der Waals surface area (Å²) < 4.78 is 19.0. The van der Waals surface area contributed by atoms with E-state index in [1.165, 1.54) is 0 Å². The van der Waals surface area contributed by atoms with Crippen LogP contribution in [-0.4, -0.2) is 28.5 Å². The van der Waals surface area contributed by atoms with Gasteiger partial charge in [-0.05, 0) is 58.9 Å². The molecule has 0 amide bonds. The molecule has 4 rings (SSSR count). The third-order valence-electron chi connectivity index (χ3n) is 5.25. The molecule has 6 heteroatoms. The molecule has 0 aliphatic carbocycles. The Morgan fingerprint density at radius 1 is 1.16 bits per heavy atom. The van der Waals surface area contributed by atoms with Crippen LogP contribution in [0.5, 0.6) is 11.5 Å². The molecule has 3 aromatic rings. The van der Waals surface area contributed by atoms with Gasteiger partial charge in [0.05, 0.1) is 5.56 Å². The zero-order chi connectivity index (χ0) is 23.0. The highest BCUT2D eigenvalue weighted by molar-refractivity contribution is 6.15. The lowest BCUT2D eigenvalue weighted by Gasteiger charge is -2.19. The molecule has 2 heterocycles. The Balaban J connectivity index is 1.59. The first-order valence-corrected chi connectivity index (χ1v) is 10.7. The van der Waals surface area contributed by atoms with Crippen molar-refractivity contribution in [2.45, 2.75) is 46.8 Å². The number of rotatable bonds is 5. The standard InChI is InChI=1S/C26H27NO5/c1-6-27-14-17(18-9-7-8-10-20(18)27)13-22-24(29)19-11-12-21(16(2)25(19)31-22)30-15-23(28)32-26(3,4)5/h7-14H,6,15H2,1-5H3/b22-13+. The second-order valence-electron chi connectivity index (χ2n) is 8.77. The quantitative estimate of drug-likeness (QED) is 0.403. The average molecular weight is 434 g/mol. The number of hydrogen-bond acceptors (Lipinski definition) is 5. The fraction of sp³-hybridized carbons (Fsp3) is 0.308. The molecule has 0 unspecified atom stereocenters. The summed E-state index contributed by atoms with van der Waals surface area (Å²) >= 11 is 0. The largest absolute Gasteiger partial charge is 0.481 e. The Hall–Kier alpha value is -3.54. The van der Waals surface area contributed by atoms with Crippen LogP contribution in [0.25, 0.3) is 17.0 Å². The highest BCUT2D eigenvalue weighted by atomic mass is 16.6. The number of fused-ring (bicyclic) bond motifs is 2. The third-order valence-corrected chi connectivity index (χ3v) is 5.25. The number of carbonyl (C=O) groups is 2. The Morgan fingerprint density at radius 3 is 2.62 bits per heavy atom. The molecule has 1 aliphatic rings. The fourth-order valence-electron chi connectivity index (χ4n) is 3.83. The average Bonchev–Trinajstić information content (AvgIpc) is 3.25. The lowest BCUT2D eigenvalue weighted by atomic mass is 10.1. The smallest absolute Gasteiger partial charge is 0.344 e. The van der Waals surface area contributed by atoms with E-state index in [1.54, 1.807) is 39.0 Å². The van der Waals surface area contributed by atoms with E-state index in [9.17, 15) is 9.59 Å². The van der Waals surface area contributed by atoms with Crippen LogP contribution in [0.2, 0.25) is 0 Å². The molecule has 0 N–H and O–H groups in total. The maximum Gasteiger partial charge on any atom is 0.344 e. The molecular formula is C26H27NO5. The predicted molar refractivity (Wildman–Crippen MR) is 123 cm³/mol. The summed E-state index contributed by atoms with van der Waals surface area (Å²) in [4.78, 5) is 25.0. The number of nitrogens with zero attached hydrogens (tertiary/aromatic N) is 1. The van der Waals surface area contributed by atoms with Gasteiger partial charge in [0.1, 0.15) is 17.1 Å². The minimum absolute atomic E-state index is 0.171. The first-order valence-electron chi connectivity index (χ1n) is 10.7. The van der Waals surface area contributed by atoms with E-state index in [-0.39, 0.29) is 18.1 Å². The number of aromatic nitrogens is 1. The summed E-state index contributed by atoms with van der Waals surface area (Å²) in [5.74, 6) is 0.581. The van der Waals surface area contributed by atoms with Gasteiger partial charge in [-0.3, -0.25) is 4.79 Å². The maximum atomic E-state index is 13.0. The molecule has 0 fully saturated rings. The first-order chi connectivity index (χ1) is 15.2. The molecule has 166 valence electrons. The molecule has 2 aromatic carbocycles. The van der Waals surface area contributed by atoms with E-state index >= 15 is 0 Å². The normalized spacial score (nSPS) is 14.5. The highest BCUT2D eigenvalue weighted by Gasteiger charge is 2.30. The number of benzene rings is 2. The minimum atomic E-state index is -0.580. The Kier molecular flexibility index (Phi) is 5.55. The van der Waals surface area contributed by atoms with Crippen LogP contribution in [0.3, 0.4) is 0 Å². The highest BCUT2D eigenvalue weighted by Crippen LogP contribution is 2.39. The van der Waals surface area contributed by atoms with E-state index in [0.29, 0.717) is 22.6 Å². The number of ketones is 1. The lowest BCUT2D eigenvalue weighted by molar-refractivity contribution is -0.157. The van der Waals surface area contributed by atoms with E-state index in [1.807, 2.05) is 31.3 Å². The number of Topliss-reactive ketones (excluding diaryl/α,β-unsaturated/α-hetero) is 1. The predicted octanol–water partition coefficient (Wildman–Crippen LogP) is 5.31. The van der Waals surface area contributed by atoms with Gasteiger partial charge in [-0.15, -0.1) is 0 Å². The molecule has 1 aromatic heterocycles. The first kappa shape index (κ1) is 21.7. The molecule has 32 heavy (non-hydrogen) atoms. The van der Waals surface area contributed by atoms with Gasteiger partial charge in [-0.1, -0.05) is 18.2 Å². The van der Waals surface area contributed by atoms with Crippen LogP contribution in [0.4, 0.5) is 0 Å². The van der Waals surface area contributed by atoms with E-state index in [2.05, 4.69) is 17.6 Å². The maximum absolute atomic E-state index is 13.0. The topological polar surface area (TPSA) is 66.8 Å². The SMILES string of the molecule is CCn1cc(/C=C2/Oc3c(ccc(OCC(=O)OC(C)(C)C)c3C)C2=O)c2ccccc21. The van der Waals surface area contributed by atoms with Gasteiger partial charge in [0, 0.05) is 34.8 Å². The van der Waals surface area contributed by atoms with Crippen molar-refractivity contribution in [3.05, 3.63) is 65.0 Å². The van der Waals surface area contributed by atoms with Crippen molar-refractivity contribution in [2.24, 2.45) is 0 Å². The van der Waals surface area contributed by atoms with Gasteiger partial charge in [-0.25, -0.2) is 4.79 Å². The number of ether oxygens (including phenoxy) is 3.